The molecule has 1 aliphatic carbocycles. The molecule has 110 valence electrons. The van der Waals surface area contributed by atoms with Crippen LogP contribution in [0.25, 0.3) is 0 Å². The second-order valence-corrected chi connectivity index (χ2v) is 7.22. The van der Waals surface area contributed by atoms with Crippen molar-refractivity contribution in [1.82, 2.24) is 10.6 Å². The molecule has 6 heteroatoms. The summed E-state index contributed by atoms with van der Waals surface area (Å²) in [6, 6.07) is 3.83. The van der Waals surface area contributed by atoms with Gasteiger partial charge in [0.1, 0.15) is 0 Å². The van der Waals surface area contributed by atoms with Crippen LogP contribution in [0.15, 0.2) is 17.5 Å². The highest BCUT2D eigenvalue weighted by atomic mass is 32.2. The highest BCUT2D eigenvalue weighted by Crippen LogP contribution is 2.29. The lowest BCUT2D eigenvalue weighted by molar-refractivity contribution is -0.120. The van der Waals surface area contributed by atoms with Crippen LogP contribution in [0.4, 0.5) is 0 Å². The average molecular weight is 312 g/mol. The van der Waals surface area contributed by atoms with Crippen LogP contribution in [0.5, 0.6) is 0 Å². The van der Waals surface area contributed by atoms with Crippen LogP contribution in [0.1, 0.15) is 35.9 Å². The molecule has 1 aromatic rings. The molecule has 0 spiro atoms. The van der Waals surface area contributed by atoms with Crippen LogP contribution >= 0.6 is 23.1 Å². The highest BCUT2D eigenvalue weighted by molar-refractivity contribution is 7.99. The summed E-state index contributed by atoms with van der Waals surface area (Å²) >= 11 is 3.29. The predicted octanol–water partition coefficient (Wildman–Crippen LogP) is 2.27. The summed E-state index contributed by atoms with van der Waals surface area (Å²) in [5.41, 5.74) is 0. The zero-order chi connectivity index (χ0) is 14.4. The van der Waals surface area contributed by atoms with Gasteiger partial charge in [-0.15, -0.1) is 11.3 Å². The van der Waals surface area contributed by atoms with Crippen LogP contribution in [0.3, 0.4) is 0 Å². The molecule has 0 aliphatic heterocycles. The maximum atomic E-state index is 11.9. The Morgan fingerprint density at radius 2 is 2.30 bits per heavy atom. The van der Waals surface area contributed by atoms with E-state index in [1.54, 1.807) is 6.07 Å². The summed E-state index contributed by atoms with van der Waals surface area (Å²) in [6.07, 6.45) is 3.39. The molecule has 0 bridgehead atoms. The van der Waals surface area contributed by atoms with E-state index >= 15 is 0 Å². The molecule has 20 heavy (non-hydrogen) atoms. The van der Waals surface area contributed by atoms with Crippen molar-refractivity contribution in [3.05, 3.63) is 22.4 Å². The molecule has 0 saturated heterocycles. The third kappa shape index (κ3) is 4.24. The normalized spacial score (nSPS) is 21.6. The van der Waals surface area contributed by atoms with Crippen molar-refractivity contribution in [2.24, 2.45) is 0 Å². The fourth-order valence-electron chi connectivity index (χ4n) is 2.42. The Morgan fingerprint density at radius 3 is 3.00 bits per heavy atom. The number of thiophene rings is 1. The van der Waals surface area contributed by atoms with Gasteiger partial charge in [0.25, 0.3) is 5.91 Å². The Morgan fingerprint density at radius 1 is 1.45 bits per heavy atom. The SMILES string of the molecule is CCS[C@H]1CCC[C@@H]1NC(=O)CNC(=O)c1cccs1. The Kier molecular flexibility index (Phi) is 5.91. The number of hydrogen-bond donors (Lipinski definition) is 2. The summed E-state index contributed by atoms with van der Waals surface area (Å²) in [5, 5.41) is 8.07. The molecule has 1 fully saturated rings. The molecule has 1 saturated carbocycles. The third-order valence-electron chi connectivity index (χ3n) is 3.33. The number of hydrogen-bond acceptors (Lipinski definition) is 4. The average Bonchev–Trinajstić information content (AvgIpc) is 3.09. The van der Waals surface area contributed by atoms with E-state index in [1.165, 1.54) is 24.2 Å². The minimum Gasteiger partial charge on any atom is -0.351 e. The van der Waals surface area contributed by atoms with Gasteiger partial charge in [0.05, 0.1) is 11.4 Å². The number of carbonyl (C=O) groups is 2. The highest BCUT2D eigenvalue weighted by Gasteiger charge is 2.28. The smallest absolute Gasteiger partial charge is 0.261 e. The van der Waals surface area contributed by atoms with Gasteiger partial charge < -0.3 is 10.6 Å². The second kappa shape index (κ2) is 7.69. The van der Waals surface area contributed by atoms with E-state index in [2.05, 4.69) is 17.6 Å². The number of amides is 2. The molecular weight excluding hydrogens is 292 g/mol. The third-order valence-corrected chi connectivity index (χ3v) is 5.53. The molecule has 0 aromatic carbocycles. The summed E-state index contributed by atoms with van der Waals surface area (Å²) < 4.78 is 0. The predicted molar refractivity (Wildman–Crippen MR) is 84.4 cm³/mol. The fraction of sp³-hybridized carbons (Fsp3) is 0.571. The molecule has 2 rings (SSSR count). The van der Waals surface area contributed by atoms with Crippen molar-refractivity contribution in [2.45, 2.75) is 37.5 Å². The number of rotatable bonds is 6. The Hall–Kier alpha value is -1.01. The first-order valence-electron chi connectivity index (χ1n) is 6.93. The topological polar surface area (TPSA) is 58.2 Å². The molecule has 0 unspecified atom stereocenters. The van der Waals surface area contributed by atoms with Gasteiger partial charge in [0.2, 0.25) is 5.91 Å². The zero-order valence-corrected chi connectivity index (χ0v) is 13.2. The summed E-state index contributed by atoms with van der Waals surface area (Å²) in [7, 11) is 0. The van der Waals surface area contributed by atoms with E-state index in [-0.39, 0.29) is 24.4 Å². The molecule has 2 atom stereocenters. The van der Waals surface area contributed by atoms with Crippen LogP contribution in [0.2, 0.25) is 0 Å². The van der Waals surface area contributed by atoms with Gasteiger partial charge in [0, 0.05) is 11.3 Å². The van der Waals surface area contributed by atoms with Gasteiger partial charge in [-0.1, -0.05) is 19.4 Å². The molecule has 4 nitrogen and oxygen atoms in total. The van der Waals surface area contributed by atoms with Gasteiger partial charge in [-0.3, -0.25) is 9.59 Å². The lowest BCUT2D eigenvalue weighted by Gasteiger charge is -2.20. The molecule has 0 radical (unpaired) electrons. The second-order valence-electron chi connectivity index (χ2n) is 4.76. The number of nitrogens with one attached hydrogen (secondary N) is 2. The van der Waals surface area contributed by atoms with Crippen molar-refractivity contribution in [3.63, 3.8) is 0 Å². The first-order chi connectivity index (χ1) is 9.70. The van der Waals surface area contributed by atoms with Gasteiger partial charge in [-0.2, -0.15) is 11.8 Å². The van der Waals surface area contributed by atoms with Crippen molar-refractivity contribution < 1.29 is 9.59 Å². The van der Waals surface area contributed by atoms with Gasteiger partial charge in [0.15, 0.2) is 0 Å². The zero-order valence-electron chi connectivity index (χ0n) is 11.6. The summed E-state index contributed by atoms with van der Waals surface area (Å²) in [5.74, 6) is 0.802. The van der Waals surface area contributed by atoms with E-state index in [0.717, 1.165) is 12.2 Å². The minimum absolute atomic E-state index is 0.0523. The first kappa shape index (κ1) is 15.4. The van der Waals surface area contributed by atoms with Crippen LogP contribution in [-0.2, 0) is 4.79 Å². The monoisotopic (exact) mass is 312 g/mol. The van der Waals surface area contributed by atoms with Crippen LogP contribution < -0.4 is 10.6 Å². The maximum absolute atomic E-state index is 11.9. The van der Waals surface area contributed by atoms with E-state index in [0.29, 0.717) is 10.1 Å². The van der Waals surface area contributed by atoms with Crippen molar-refractivity contribution in [2.75, 3.05) is 12.3 Å². The lowest BCUT2D eigenvalue weighted by Crippen LogP contribution is -2.44. The number of thioether (sulfide) groups is 1. The van der Waals surface area contributed by atoms with Crippen LogP contribution in [-0.4, -0.2) is 35.4 Å². The van der Waals surface area contributed by atoms with Gasteiger partial charge in [-0.05, 0) is 30.0 Å². The largest absolute Gasteiger partial charge is 0.351 e. The Labute approximate surface area is 127 Å². The van der Waals surface area contributed by atoms with E-state index < -0.39 is 0 Å². The fourth-order valence-corrected chi connectivity index (χ4v) is 4.26. The van der Waals surface area contributed by atoms with Crippen LogP contribution in [0, 0.1) is 0 Å². The molecule has 2 N–H and O–H groups in total. The maximum Gasteiger partial charge on any atom is 0.261 e. The quantitative estimate of drug-likeness (QED) is 0.847. The molecular formula is C14H20N2O2S2. The van der Waals surface area contributed by atoms with Crippen molar-refractivity contribution in [3.8, 4) is 0 Å². The molecule has 2 amide bonds. The molecule has 1 heterocycles. The van der Waals surface area contributed by atoms with E-state index in [1.807, 2.05) is 23.2 Å². The first-order valence-corrected chi connectivity index (χ1v) is 8.86. The van der Waals surface area contributed by atoms with E-state index in [4.69, 9.17) is 0 Å². The van der Waals surface area contributed by atoms with Gasteiger partial charge in [-0.25, -0.2) is 0 Å². The standard InChI is InChI=1S/C14H20N2O2S2/c1-2-19-11-6-3-5-10(11)16-13(17)9-15-14(18)12-7-4-8-20-12/h4,7-8,10-11H,2-3,5-6,9H2,1H3,(H,15,18)(H,16,17)/t10-,11-/m0/s1. The number of carbonyl (C=O) groups excluding carboxylic acids is 2. The Bertz CT molecular complexity index is 448. The Balaban J connectivity index is 1.74. The van der Waals surface area contributed by atoms with Crippen molar-refractivity contribution in [1.29, 1.82) is 0 Å². The lowest BCUT2D eigenvalue weighted by atomic mass is 10.2. The summed E-state index contributed by atoms with van der Waals surface area (Å²) in [4.78, 5) is 24.3. The molecule has 1 aromatic heterocycles. The molecule has 1 aliphatic rings. The van der Waals surface area contributed by atoms with E-state index in [9.17, 15) is 9.59 Å². The van der Waals surface area contributed by atoms with Crippen molar-refractivity contribution >= 4 is 34.9 Å². The van der Waals surface area contributed by atoms with Gasteiger partial charge >= 0.3 is 0 Å². The minimum atomic E-state index is -0.180. The summed E-state index contributed by atoms with van der Waals surface area (Å²) in [6.45, 7) is 2.19.